The van der Waals surface area contributed by atoms with E-state index in [1.54, 1.807) is 6.92 Å². The normalized spacial score (nSPS) is 13.8. The van der Waals surface area contributed by atoms with Gasteiger partial charge in [0.05, 0.1) is 0 Å². The molecule has 3 N–H and O–H groups in total. The molecular weight excluding hydrogens is 216 g/mol. The summed E-state index contributed by atoms with van der Waals surface area (Å²) in [6.07, 6.45) is -0.440. The minimum absolute atomic E-state index is 0.0654. The second-order valence-corrected chi connectivity index (χ2v) is 4.46. The average Bonchev–Trinajstić information content (AvgIpc) is 2.27. The number of hydrogen-bond donors (Lipinski definition) is 2. The topological polar surface area (TPSA) is 67.8 Å². The van der Waals surface area contributed by atoms with Crippen LogP contribution in [0.25, 0.3) is 0 Å². The Balaban J connectivity index is 2.84. The minimum Gasteiger partial charge on any atom is -0.483 e. The highest BCUT2D eigenvalue weighted by Crippen LogP contribution is 2.24. The van der Waals surface area contributed by atoms with Crippen molar-refractivity contribution in [2.45, 2.75) is 39.7 Å². The van der Waals surface area contributed by atoms with E-state index in [2.05, 4.69) is 25.9 Å². The fourth-order valence-corrected chi connectivity index (χ4v) is 1.72. The van der Waals surface area contributed by atoms with Gasteiger partial charge in [0, 0.05) is 0 Å². The Morgan fingerprint density at radius 2 is 2.00 bits per heavy atom. The molecule has 4 nitrogen and oxygen atoms in total. The molecule has 1 aromatic rings. The lowest BCUT2D eigenvalue weighted by Crippen LogP contribution is -2.31. The van der Waals surface area contributed by atoms with Crippen molar-refractivity contribution in [3.05, 3.63) is 29.3 Å². The van der Waals surface area contributed by atoms with Gasteiger partial charge in [-0.3, -0.25) is 0 Å². The SMILES string of the molecule is Cc1cc(OC(C)C(N)=NO)ccc1C(C)C. The Hall–Kier alpha value is -1.71. The summed E-state index contributed by atoms with van der Waals surface area (Å²) < 4.78 is 5.57. The fraction of sp³-hybridized carbons (Fsp3) is 0.462. The molecule has 0 radical (unpaired) electrons. The lowest BCUT2D eigenvalue weighted by atomic mass is 9.98. The van der Waals surface area contributed by atoms with Gasteiger partial charge >= 0.3 is 0 Å². The van der Waals surface area contributed by atoms with Crippen LogP contribution >= 0.6 is 0 Å². The molecule has 0 bridgehead atoms. The Morgan fingerprint density at radius 3 is 2.47 bits per heavy atom. The Labute approximate surface area is 102 Å². The summed E-state index contributed by atoms with van der Waals surface area (Å²) in [4.78, 5) is 0. The molecule has 4 heteroatoms. The van der Waals surface area contributed by atoms with Gasteiger partial charge in [-0.25, -0.2) is 0 Å². The number of hydrogen-bond acceptors (Lipinski definition) is 3. The largest absolute Gasteiger partial charge is 0.483 e. The number of rotatable bonds is 4. The van der Waals surface area contributed by atoms with Crippen LogP contribution in [0.4, 0.5) is 0 Å². The average molecular weight is 236 g/mol. The van der Waals surface area contributed by atoms with E-state index in [0.717, 1.165) is 5.75 Å². The van der Waals surface area contributed by atoms with Gasteiger partial charge in [-0.1, -0.05) is 25.1 Å². The molecule has 0 fully saturated rings. The first-order chi connectivity index (χ1) is 7.95. The molecule has 1 aromatic carbocycles. The zero-order chi connectivity index (χ0) is 13.0. The molecule has 1 rings (SSSR count). The van der Waals surface area contributed by atoms with Gasteiger partial charge in [0.25, 0.3) is 0 Å². The summed E-state index contributed by atoms with van der Waals surface area (Å²) in [5.74, 6) is 1.28. The van der Waals surface area contributed by atoms with Crippen molar-refractivity contribution >= 4 is 5.84 Å². The maximum atomic E-state index is 8.54. The monoisotopic (exact) mass is 236 g/mol. The highest BCUT2D eigenvalue weighted by atomic mass is 16.5. The zero-order valence-corrected chi connectivity index (χ0v) is 10.8. The fourth-order valence-electron chi connectivity index (χ4n) is 1.72. The van der Waals surface area contributed by atoms with Crippen LogP contribution in [-0.4, -0.2) is 17.1 Å². The third kappa shape index (κ3) is 3.37. The van der Waals surface area contributed by atoms with Crippen molar-refractivity contribution in [3.8, 4) is 5.75 Å². The van der Waals surface area contributed by atoms with E-state index in [1.165, 1.54) is 11.1 Å². The minimum atomic E-state index is -0.440. The van der Waals surface area contributed by atoms with Gasteiger partial charge in [-0.2, -0.15) is 0 Å². The summed E-state index contributed by atoms with van der Waals surface area (Å²) in [5, 5.41) is 11.5. The third-order valence-corrected chi connectivity index (χ3v) is 2.71. The quantitative estimate of drug-likeness (QED) is 0.365. The molecule has 0 spiro atoms. The van der Waals surface area contributed by atoms with Crippen molar-refractivity contribution in [1.29, 1.82) is 0 Å². The molecule has 0 heterocycles. The molecule has 0 saturated carbocycles. The molecule has 1 atom stereocenters. The Morgan fingerprint density at radius 1 is 1.35 bits per heavy atom. The zero-order valence-electron chi connectivity index (χ0n) is 10.8. The highest BCUT2D eigenvalue weighted by Gasteiger charge is 2.10. The third-order valence-electron chi connectivity index (χ3n) is 2.71. The van der Waals surface area contributed by atoms with Crippen LogP contribution in [-0.2, 0) is 0 Å². The summed E-state index contributed by atoms with van der Waals surface area (Å²) in [5.41, 5.74) is 7.94. The molecule has 17 heavy (non-hydrogen) atoms. The number of amidine groups is 1. The number of nitrogens with two attached hydrogens (primary N) is 1. The summed E-state index contributed by atoms with van der Waals surface area (Å²) in [6, 6.07) is 5.92. The van der Waals surface area contributed by atoms with E-state index >= 15 is 0 Å². The van der Waals surface area contributed by atoms with Gasteiger partial charge in [-0.05, 0) is 43.0 Å². The first-order valence-corrected chi connectivity index (χ1v) is 5.70. The van der Waals surface area contributed by atoms with Crippen LogP contribution in [0.15, 0.2) is 23.4 Å². The molecule has 94 valence electrons. The van der Waals surface area contributed by atoms with Crippen LogP contribution in [0.2, 0.25) is 0 Å². The number of nitrogens with zero attached hydrogens (tertiary/aromatic N) is 1. The van der Waals surface area contributed by atoms with Gasteiger partial charge in [0.15, 0.2) is 11.9 Å². The van der Waals surface area contributed by atoms with Crippen molar-refractivity contribution in [2.24, 2.45) is 10.9 Å². The van der Waals surface area contributed by atoms with E-state index in [9.17, 15) is 0 Å². The standard InChI is InChI=1S/C13H20N2O2/c1-8(2)12-6-5-11(7-9(12)3)17-10(4)13(14)15-16/h5-8,10,16H,1-4H3,(H2,14,15). The predicted octanol–water partition coefficient (Wildman–Crippen LogP) is 2.63. The summed E-state index contributed by atoms with van der Waals surface area (Å²) >= 11 is 0. The highest BCUT2D eigenvalue weighted by molar-refractivity contribution is 5.84. The van der Waals surface area contributed by atoms with Crippen molar-refractivity contribution < 1.29 is 9.94 Å². The molecule has 0 aliphatic carbocycles. The van der Waals surface area contributed by atoms with E-state index in [1.807, 2.05) is 18.2 Å². The number of aryl methyl sites for hydroxylation is 1. The molecule has 0 aromatic heterocycles. The van der Waals surface area contributed by atoms with Gasteiger partial charge < -0.3 is 15.7 Å². The number of ether oxygens (including phenoxy) is 1. The van der Waals surface area contributed by atoms with Crippen LogP contribution in [0.3, 0.4) is 0 Å². The van der Waals surface area contributed by atoms with Gasteiger partial charge in [-0.15, -0.1) is 0 Å². The Kier molecular flexibility index (Phi) is 4.37. The van der Waals surface area contributed by atoms with Crippen molar-refractivity contribution in [2.75, 3.05) is 0 Å². The maximum absolute atomic E-state index is 8.54. The van der Waals surface area contributed by atoms with Gasteiger partial charge in [0.2, 0.25) is 0 Å². The lowest BCUT2D eigenvalue weighted by molar-refractivity contribution is 0.265. The van der Waals surface area contributed by atoms with E-state index in [4.69, 9.17) is 15.7 Å². The maximum Gasteiger partial charge on any atom is 0.180 e. The molecule has 0 aliphatic heterocycles. The first kappa shape index (κ1) is 13.4. The first-order valence-electron chi connectivity index (χ1n) is 5.70. The molecule has 1 unspecified atom stereocenters. The number of oxime groups is 1. The number of benzene rings is 1. The van der Waals surface area contributed by atoms with Crippen LogP contribution < -0.4 is 10.5 Å². The van der Waals surface area contributed by atoms with Crippen molar-refractivity contribution in [1.82, 2.24) is 0 Å². The van der Waals surface area contributed by atoms with E-state index in [0.29, 0.717) is 5.92 Å². The van der Waals surface area contributed by atoms with Crippen LogP contribution in [0, 0.1) is 6.92 Å². The Bertz CT molecular complexity index is 414. The molecular formula is C13H20N2O2. The second-order valence-electron chi connectivity index (χ2n) is 4.46. The molecule has 0 amide bonds. The molecule has 0 aliphatic rings. The van der Waals surface area contributed by atoms with Gasteiger partial charge in [0.1, 0.15) is 5.75 Å². The second kappa shape index (κ2) is 5.57. The summed E-state index contributed by atoms with van der Waals surface area (Å²) in [6.45, 7) is 8.10. The smallest absolute Gasteiger partial charge is 0.180 e. The molecule has 0 saturated heterocycles. The predicted molar refractivity (Wildman–Crippen MR) is 68.8 cm³/mol. The van der Waals surface area contributed by atoms with E-state index in [-0.39, 0.29) is 5.84 Å². The lowest BCUT2D eigenvalue weighted by Gasteiger charge is -2.16. The van der Waals surface area contributed by atoms with Crippen molar-refractivity contribution in [3.63, 3.8) is 0 Å². The van der Waals surface area contributed by atoms with E-state index < -0.39 is 6.10 Å². The summed E-state index contributed by atoms with van der Waals surface area (Å²) in [7, 11) is 0. The van der Waals surface area contributed by atoms with Crippen LogP contribution in [0.1, 0.15) is 37.8 Å². The van der Waals surface area contributed by atoms with Crippen LogP contribution in [0.5, 0.6) is 5.75 Å².